The van der Waals surface area contributed by atoms with E-state index in [9.17, 15) is 9.59 Å². The third-order valence-corrected chi connectivity index (χ3v) is 8.66. The summed E-state index contributed by atoms with van der Waals surface area (Å²) in [6.07, 6.45) is 7.55. The molecule has 0 saturated carbocycles. The number of nitrogens with zero attached hydrogens (tertiary/aromatic N) is 5. The fraction of sp³-hybridized carbons (Fsp3) is 0.469. The van der Waals surface area contributed by atoms with Crippen LogP contribution in [0.15, 0.2) is 41.2 Å². The van der Waals surface area contributed by atoms with E-state index in [1.54, 1.807) is 10.6 Å². The first kappa shape index (κ1) is 27.6. The number of nitrogens with one attached hydrogen (secondary N) is 1. The van der Waals surface area contributed by atoms with Crippen LogP contribution >= 0.6 is 0 Å². The Morgan fingerprint density at radius 3 is 2.51 bits per heavy atom. The van der Waals surface area contributed by atoms with E-state index in [4.69, 9.17) is 4.98 Å². The van der Waals surface area contributed by atoms with Crippen LogP contribution in [0, 0.1) is 5.82 Å². The molecular formula is C32H39FN6O2. The van der Waals surface area contributed by atoms with Gasteiger partial charge in [-0.25, -0.2) is 9.37 Å². The van der Waals surface area contributed by atoms with Crippen LogP contribution in [-0.2, 0) is 6.54 Å². The van der Waals surface area contributed by atoms with Crippen LogP contribution in [0.1, 0.15) is 53.8 Å². The van der Waals surface area contributed by atoms with E-state index < -0.39 is 0 Å². The number of hydrogen-bond donors (Lipinski definition) is 1. The fourth-order valence-electron chi connectivity index (χ4n) is 6.18. The zero-order valence-electron chi connectivity index (χ0n) is 23.9. The maximum absolute atomic E-state index is 15.1. The minimum Gasteiger partial charge on any atom is -0.367 e. The quantitative estimate of drug-likeness (QED) is 0.445. The lowest BCUT2D eigenvalue weighted by molar-refractivity contribution is 0.0951. The van der Waals surface area contributed by atoms with Crippen molar-refractivity contribution in [1.82, 2.24) is 24.7 Å². The number of allylic oxidation sites excluding steroid dienone is 1. The third-order valence-electron chi connectivity index (χ3n) is 8.66. The van der Waals surface area contributed by atoms with Crippen molar-refractivity contribution >= 4 is 34.1 Å². The van der Waals surface area contributed by atoms with Gasteiger partial charge in [-0.1, -0.05) is 18.6 Å². The molecule has 2 saturated heterocycles. The predicted molar refractivity (Wildman–Crippen MR) is 162 cm³/mol. The van der Waals surface area contributed by atoms with Gasteiger partial charge in [0.05, 0.1) is 16.6 Å². The number of rotatable bonds is 7. The second-order valence-electron chi connectivity index (χ2n) is 11.6. The molecule has 3 aliphatic rings. The van der Waals surface area contributed by atoms with Crippen molar-refractivity contribution in [1.29, 1.82) is 0 Å². The van der Waals surface area contributed by atoms with Gasteiger partial charge in [0.25, 0.3) is 11.5 Å². The highest BCUT2D eigenvalue weighted by molar-refractivity contribution is 5.94. The van der Waals surface area contributed by atoms with Gasteiger partial charge in [-0.2, -0.15) is 0 Å². The number of fused-ring (bicyclic) bond motifs is 2. The Kier molecular flexibility index (Phi) is 8.16. The largest absolute Gasteiger partial charge is 0.367 e. The van der Waals surface area contributed by atoms with Crippen molar-refractivity contribution in [2.45, 2.75) is 38.6 Å². The first-order valence-electron chi connectivity index (χ1n) is 15.0. The average Bonchev–Trinajstić information content (AvgIpc) is 3.39. The number of benzene rings is 2. The molecule has 3 aromatic rings. The Morgan fingerprint density at radius 2 is 1.76 bits per heavy atom. The molecule has 0 bridgehead atoms. The molecule has 0 unspecified atom stereocenters. The number of amides is 1. The number of piperazine rings is 1. The molecule has 41 heavy (non-hydrogen) atoms. The van der Waals surface area contributed by atoms with Crippen molar-refractivity contribution in [3.63, 3.8) is 0 Å². The van der Waals surface area contributed by atoms with Gasteiger partial charge in [0.2, 0.25) is 0 Å². The number of halogens is 1. The standard InChI is InChI=1S/C32H39FN6O2/c1-36-16-18-38(19-17-36)29-22-28-26(21-27(29)33)32(41)39-15-10-25(30(39)35-28)20-23-6-8-24(9-7-23)31(40)34-11-5-14-37-12-3-2-4-13-37/h6-9,20-22H,2-5,10-19H2,1H3,(H,34,40)/b25-20+. The predicted octanol–water partition coefficient (Wildman–Crippen LogP) is 3.84. The molecule has 1 aromatic heterocycles. The van der Waals surface area contributed by atoms with Crippen LogP contribution < -0.4 is 15.8 Å². The number of carbonyl (C=O) groups excluding carboxylic acids is 1. The summed E-state index contributed by atoms with van der Waals surface area (Å²) in [5.41, 5.74) is 3.37. The van der Waals surface area contributed by atoms with Crippen molar-refractivity contribution in [3.05, 3.63) is 69.5 Å². The lowest BCUT2D eigenvalue weighted by atomic mass is 10.1. The second-order valence-corrected chi connectivity index (χ2v) is 11.6. The minimum absolute atomic E-state index is 0.0582. The van der Waals surface area contributed by atoms with E-state index in [1.807, 2.05) is 35.2 Å². The molecule has 0 aliphatic carbocycles. The van der Waals surface area contributed by atoms with Crippen LogP contribution in [0.25, 0.3) is 22.6 Å². The molecular weight excluding hydrogens is 519 g/mol. The molecule has 0 radical (unpaired) electrons. The molecule has 2 aromatic carbocycles. The maximum Gasteiger partial charge on any atom is 0.261 e. The Balaban J connectivity index is 1.15. The number of likely N-dealkylation sites (tertiary alicyclic amines) is 1. The van der Waals surface area contributed by atoms with E-state index >= 15 is 4.39 Å². The SMILES string of the molecule is CN1CCN(c2cc3nc4n(c(=O)c3cc2F)CC/C4=C\c2ccc(C(=O)NCCCN3CCCCC3)cc2)CC1. The van der Waals surface area contributed by atoms with Gasteiger partial charge in [0.15, 0.2) is 0 Å². The molecule has 6 rings (SSSR count). The normalized spacial score (nSPS) is 19.2. The number of aromatic nitrogens is 2. The summed E-state index contributed by atoms with van der Waals surface area (Å²) in [5, 5.41) is 3.36. The molecule has 1 amide bonds. The topological polar surface area (TPSA) is 73.7 Å². The van der Waals surface area contributed by atoms with Gasteiger partial charge in [-0.15, -0.1) is 0 Å². The fourth-order valence-corrected chi connectivity index (χ4v) is 6.18. The zero-order valence-corrected chi connectivity index (χ0v) is 23.9. The highest BCUT2D eigenvalue weighted by Crippen LogP contribution is 2.30. The summed E-state index contributed by atoms with van der Waals surface area (Å²) in [6.45, 7) is 7.77. The van der Waals surface area contributed by atoms with Crippen LogP contribution in [0.3, 0.4) is 0 Å². The Morgan fingerprint density at radius 1 is 1.00 bits per heavy atom. The summed E-state index contributed by atoms with van der Waals surface area (Å²) in [7, 11) is 2.06. The molecule has 9 heteroatoms. The van der Waals surface area contributed by atoms with Crippen LogP contribution in [0.4, 0.5) is 10.1 Å². The zero-order chi connectivity index (χ0) is 28.3. The van der Waals surface area contributed by atoms with E-state index in [0.717, 1.165) is 50.3 Å². The van der Waals surface area contributed by atoms with E-state index in [2.05, 4.69) is 22.2 Å². The highest BCUT2D eigenvalue weighted by Gasteiger charge is 2.24. The van der Waals surface area contributed by atoms with E-state index in [1.165, 1.54) is 38.4 Å². The second kappa shape index (κ2) is 12.1. The molecule has 2 fully saturated rings. The summed E-state index contributed by atoms with van der Waals surface area (Å²) < 4.78 is 16.7. The van der Waals surface area contributed by atoms with Gasteiger partial charge in [0.1, 0.15) is 11.6 Å². The molecule has 0 spiro atoms. The van der Waals surface area contributed by atoms with Gasteiger partial charge in [-0.05, 0) is 93.8 Å². The van der Waals surface area contributed by atoms with Crippen molar-refractivity contribution in [2.75, 3.05) is 64.3 Å². The van der Waals surface area contributed by atoms with Gasteiger partial charge >= 0.3 is 0 Å². The number of likely N-dealkylation sites (N-methyl/N-ethyl adjacent to an activating group) is 1. The van der Waals surface area contributed by atoms with E-state index in [0.29, 0.717) is 47.5 Å². The monoisotopic (exact) mass is 558 g/mol. The summed E-state index contributed by atoms with van der Waals surface area (Å²) in [4.78, 5) is 37.5. The Labute approximate surface area is 240 Å². The third kappa shape index (κ3) is 6.06. The molecule has 0 atom stereocenters. The lowest BCUT2D eigenvalue weighted by Crippen LogP contribution is -2.44. The smallest absolute Gasteiger partial charge is 0.261 e. The summed E-state index contributed by atoms with van der Waals surface area (Å²) in [6, 6.07) is 10.6. The van der Waals surface area contributed by atoms with Crippen LogP contribution in [0.5, 0.6) is 0 Å². The molecule has 3 aliphatic heterocycles. The summed E-state index contributed by atoms with van der Waals surface area (Å²) in [5.74, 6) is 0.201. The van der Waals surface area contributed by atoms with Crippen molar-refractivity contribution in [2.24, 2.45) is 0 Å². The average molecular weight is 559 g/mol. The van der Waals surface area contributed by atoms with Crippen molar-refractivity contribution in [3.8, 4) is 0 Å². The van der Waals surface area contributed by atoms with Gasteiger partial charge in [0, 0.05) is 44.8 Å². The van der Waals surface area contributed by atoms with Gasteiger partial charge in [-0.3, -0.25) is 14.2 Å². The van der Waals surface area contributed by atoms with Crippen LogP contribution in [0.2, 0.25) is 0 Å². The highest BCUT2D eigenvalue weighted by atomic mass is 19.1. The minimum atomic E-state index is -0.374. The van der Waals surface area contributed by atoms with Crippen LogP contribution in [-0.4, -0.2) is 84.7 Å². The first-order chi connectivity index (χ1) is 20.0. The lowest BCUT2D eigenvalue weighted by Gasteiger charge is -2.34. The number of anilines is 1. The number of hydrogen-bond acceptors (Lipinski definition) is 6. The molecule has 8 nitrogen and oxygen atoms in total. The molecule has 1 N–H and O–H groups in total. The maximum atomic E-state index is 15.1. The van der Waals surface area contributed by atoms with Crippen molar-refractivity contribution < 1.29 is 9.18 Å². The van der Waals surface area contributed by atoms with Gasteiger partial charge < -0.3 is 20.0 Å². The molecule has 4 heterocycles. The first-order valence-corrected chi connectivity index (χ1v) is 15.0. The Hall–Kier alpha value is -3.56. The molecule has 216 valence electrons. The Bertz CT molecular complexity index is 1500. The number of carbonyl (C=O) groups is 1. The summed E-state index contributed by atoms with van der Waals surface area (Å²) >= 11 is 0. The van der Waals surface area contributed by atoms with E-state index in [-0.39, 0.29) is 17.3 Å². The number of piperidine rings is 1.